The van der Waals surface area contributed by atoms with Crippen molar-refractivity contribution < 1.29 is 14.3 Å². The van der Waals surface area contributed by atoms with Gasteiger partial charge in [-0.3, -0.25) is 9.78 Å². The molecule has 0 radical (unpaired) electrons. The van der Waals surface area contributed by atoms with Gasteiger partial charge in [0.05, 0.1) is 18.9 Å². The molecule has 0 spiro atoms. The number of carbonyl (C=O) groups is 2. The van der Waals surface area contributed by atoms with Crippen molar-refractivity contribution in [2.75, 3.05) is 18.9 Å². The van der Waals surface area contributed by atoms with Gasteiger partial charge < -0.3 is 21.5 Å². The first-order chi connectivity index (χ1) is 7.59. The summed E-state index contributed by atoms with van der Waals surface area (Å²) in [5.74, 6) is -0.297. The highest BCUT2D eigenvalue weighted by Crippen LogP contribution is 1.96. The lowest BCUT2D eigenvalue weighted by Crippen LogP contribution is -2.29. The minimum Gasteiger partial charge on any atom is -0.448 e. The Morgan fingerprint density at radius 1 is 1.44 bits per heavy atom. The van der Waals surface area contributed by atoms with Gasteiger partial charge in [0.25, 0.3) is 5.91 Å². The Labute approximate surface area is 91.0 Å². The summed E-state index contributed by atoms with van der Waals surface area (Å²) in [6.45, 7) is 0.134. The third-order valence-corrected chi connectivity index (χ3v) is 1.52. The second kappa shape index (κ2) is 5.49. The molecular weight excluding hydrogens is 214 g/mol. The standard InChI is InChI=1S/C8H11N5O3/c9-6-4-11-3-5(13-6)7(14)12-1-2-16-8(10)15/h3-4H,1-2H2,(H2,9,13)(H2,10,15)(H,12,14). The molecule has 1 aromatic heterocycles. The molecule has 8 heteroatoms. The van der Waals surface area contributed by atoms with Gasteiger partial charge in [0.2, 0.25) is 0 Å². The van der Waals surface area contributed by atoms with E-state index in [9.17, 15) is 9.59 Å². The van der Waals surface area contributed by atoms with Crippen LogP contribution in [0.25, 0.3) is 0 Å². The summed E-state index contributed by atoms with van der Waals surface area (Å²) < 4.78 is 4.42. The molecule has 0 aliphatic heterocycles. The average Bonchev–Trinajstić information content (AvgIpc) is 2.24. The molecule has 0 unspecified atom stereocenters. The quantitative estimate of drug-likeness (QED) is 0.556. The maximum absolute atomic E-state index is 11.4. The van der Waals surface area contributed by atoms with Crippen molar-refractivity contribution in [1.82, 2.24) is 15.3 Å². The third kappa shape index (κ3) is 3.78. The van der Waals surface area contributed by atoms with E-state index >= 15 is 0 Å². The molecule has 0 aliphatic rings. The highest BCUT2D eigenvalue weighted by Gasteiger charge is 2.07. The van der Waals surface area contributed by atoms with Crippen molar-refractivity contribution in [3.05, 3.63) is 18.1 Å². The van der Waals surface area contributed by atoms with Crippen molar-refractivity contribution in [2.24, 2.45) is 5.73 Å². The molecule has 86 valence electrons. The fraction of sp³-hybridized carbons (Fsp3) is 0.250. The van der Waals surface area contributed by atoms with E-state index in [1.807, 2.05) is 0 Å². The largest absolute Gasteiger partial charge is 0.448 e. The Hall–Kier alpha value is -2.38. The lowest BCUT2D eigenvalue weighted by Gasteiger charge is -2.04. The van der Waals surface area contributed by atoms with E-state index < -0.39 is 12.0 Å². The molecule has 0 saturated carbocycles. The number of ether oxygens (including phenoxy) is 1. The van der Waals surface area contributed by atoms with E-state index in [4.69, 9.17) is 11.5 Å². The average molecular weight is 225 g/mol. The number of aromatic nitrogens is 2. The molecule has 0 aromatic carbocycles. The molecule has 0 atom stereocenters. The van der Waals surface area contributed by atoms with Gasteiger partial charge in [0, 0.05) is 0 Å². The van der Waals surface area contributed by atoms with Crippen LogP contribution in [0.5, 0.6) is 0 Å². The molecule has 1 aromatic rings. The van der Waals surface area contributed by atoms with Crippen molar-refractivity contribution in [3.63, 3.8) is 0 Å². The van der Waals surface area contributed by atoms with E-state index in [1.165, 1.54) is 12.4 Å². The van der Waals surface area contributed by atoms with Gasteiger partial charge >= 0.3 is 6.09 Å². The normalized spacial score (nSPS) is 9.50. The van der Waals surface area contributed by atoms with Gasteiger partial charge in [0.1, 0.15) is 18.1 Å². The van der Waals surface area contributed by atoms with Crippen molar-refractivity contribution in [1.29, 1.82) is 0 Å². The van der Waals surface area contributed by atoms with Crippen LogP contribution >= 0.6 is 0 Å². The number of hydrogen-bond donors (Lipinski definition) is 3. The fourth-order valence-electron chi connectivity index (χ4n) is 0.897. The molecule has 0 saturated heterocycles. The highest BCUT2D eigenvalue weighted by molar-refractivity contribution is 5.92. The predicted molar refractivity (Wildman–Crippen MR) is 54.3 cm³/mol. The van der Waals surface area contributed by atoms with Crippen LogP contribution in [0.2, 0.25) is 0 Å². The zero-order chi connectivity index (χ0) is 12.0. The van der Waals surface area contributed by atoms with Crippen LogP contribution in [0.15, 0.2) is 12.4 Å². The van der Waals surface area contributed by atoms with Crippen LogP contribution in [-0.4, -0.2) is 35.1 Å². The van der Waals surface area contributed by atoms with Gasteiger partial charge in [-0.25, -0.2) is 9.78 Å². The Morgan fingerprint density at radius 3 is 2.81 bits per heavy atom. The van der Waals surface area contributed by atoms with E-state index in [2.05, 4.69) is 20.0 Å². The first kappa shape index (κ1) is 11.7. The number of nitrogens with two attached hydrogens (primary N) is 2. The van der Waals surface area contributed by atoms with Gasteiger partial charge in [-0.15, -0.1) is 0 Å². The van der Waals surface area contributed by atoms with E-state index in [1.54, 1.807) is 0 Å². The molecule has 8 nitrogen and oxygen atoms in total. The minimum atomic E-state index is -0.891. The van der Waals surface area contributed by atoms with Crippen LogP contribution in [-0.2, 0) is 4.74 Å². The monoisotopic (exact) mass is 225 g/mol. The van der Waals surface area contributed by atoms with Gasteiger partial charge in [-0.2, -0.15) is 0 Å². The third-order valence-electron chi connectivity index (χ3n) is 1.52. The number of anilines is 1. The first-order valence-electron chi connectivity index (χ1n) is 4.37. The zero-order valence-corrected chi connectivity index (χ0v) is 8.34. The molecule has 2 amide bonds. The smallest absolute Gasteiger partial charge is 0.404 e. The van der Waals surface area contributed by atoms with Crippen molar-refractivity contribution in [3.8, 4) is 0 Å². The van der Waals surface area contributed by atoms with Crippen molar-refractivity contribution >= 4 is 17.8 Å². The predicted octanol–water partition coefficient (Wildman–Crippen LogP) is -1.12. The molecule has 1 rings (SSSR count). The zero-order valence-electron chi connectivity index (χ0n) is 8.34. The number of carbonyl (C=O) groups excluding carboxylic acids is 2. The topological polar surface area (TPSA) is 133 Å². The summed E-state index contributed by atoms with van der Waals surface area (Å²) in [5.41, 5.74) is 10.2. The summed E-state index contributed by atoms with van der Waals surface area (Å²) in [5, 5.41) is 2.45. The summed E-state index contributed by atoms with van der Waals surface area (Å²) in [6.07, 6.45) is 1.71. The van der Waals surface area contributed by atoms with E-state index in [-0.39, 0.29) is 24.7 Å². The number of amides is 2. The summed E-state index contributed by atoms with van der Waals surface area (Å²) in [7, 11) is 0. The number of rotatable bonds is 4. The molecule has 16 heavy (non-hydrogen) atoms. The number of hydrogen-bond acceptors (Lipinski definition) is 6. The highest BCUT2D eigenvalue weighted by atomic mass is 16.5. The summed E-state index contributed by atoms with van der Waals surface area (Å²) in [6, 6.07) is 0. The number of nitrogens with zero attached hydrogens (tertiary/aromatic N) is 2. The van der Waals surface area contributed by atoms with E-state index in [0.29, 0.717) is 0 Å². The van der Waals surface area contributed by atoms with Crippen LogP contribution in [0.3, 0.4) is 0 Å². The van der Waals surface area contributed by atoms with Gasteiger partial charge in [0.15, 0.2) is 0 Å². The SMILES string of the molecule is NC(=O)OCCNC(=O)c1cncc(N)n1. The van der Waals surface area contributed by atoms with Crippen molar-refractivity contribution in [2.45, 2.75) is 0 Å². The lowest BCUT2D eigenvalue weighted by molar-refractivity contribution is 0.0931. The Bertz CT molecular complexity index is 395. The Kier molecular flexibility index (Phi) is 4.01. The molecule has 0 bridgehead atoms. The number of primary amides is 1. The second-order valence-corrected chi connectivity index (χ2v) is 2.75. The first-order valence-corrected chi connectivity index (χ1v) is 4.37. The summed E-state index contributed by atoms with van der Waals surface area (Å²) >= 11 is 0. The molecular formula is C8H11N5O3. The number of nitrogen functional groups attached to an aromatic ring is 1. The van der Waals surface area contributed by atoms with Crippen LogP contribution in [0.4, 0.5) is 10.6 Å². The molecule has 0 aliphatic carbocycles. The Balaban J connectivity index is 2.38. The Morgan fingerprint density at radius 2 is 2.19 bits per heavy atom. The van der Waals surface area contributed by atoms with Gasteiger partial charge in [-0.1, -0.05) is 0 Å². The molecule has 1 heterocycles. The fourth-order valence-corrected chi connectivity index (χ4v) is 0.897. The second-order valence-electron chi connectivity index (χ2n) is 2.75. The maximum atomic E-state index is 11.4. The molecule has 5 N–H and O–H groups in total. The molecule has 0 fully saturated rings. The van der Waals surface area contributed by atoms with Crippen LogP contribution in [0.1, 0.15) is 10.5 Å². The summed E-state index contributed by atoms with van der Waals surface area (Å²) in [4.78, 5) is 29.1. The van der Waals surface area contributed by atoms with Crippen LogP contribution in [0, 0.1) is 0 Å². The number of nitrogens with one attached hydrogen (secondary N) is 1. The minimum absolute atomic E-state index is 0.00316. The maximum Gasteiger partial charge on any atom is 0.404 e. The van der Waals surface area contributed by atoms with Crippen LogP contribution < -0.4 is 16.8 Å². The van der Waals surface area contributed by atoms with E-state index in [0.717, 1.165) is 0 Å². The van der Waals surface area contributed by atoms with Gasteiger partial charge in [-0.05, 0) is 0 Å². The lowest BCUT2D eigenvalue weighted by atomic mass is 10.4.